The van der Waals surface area contributed by atoms with Crippen LogP contribution in [0.3, 0.4) is 0 Å². The standard InChI is InChI=1S/C12H19NO7S/c1-12(2,21(3,19)20)11(18)13-5-4-7(9(14)15)8(6-13)10(16)17/h7-8H,4-6H2,1-3H3,(H,14,15)(H,16,17). The fourth-order valence-corrected chi connectivity index (χ4v) is 2.67. The number of carboxylic acid groups (broad SMARTS) is 2. The summed E-state index contributed by atoms with van der Waals surface area (Å²) in [6.45, 7) is 2.23. The Hall–Kier alpha value is -1.64. The van der Waals surface area contributed by atoms with Gasteiger partial charge < -0.3 is 15.1 Å². The van der Waals surface area contributed by atoms with Crippen molar-refractivity contribution in [3.05, 3.63) is 0 Å². The zero-order valence-corrected chi connectivity index (χ0v) is 12.9. The maximum Gasteiger partial charge on any atom is 0.309 e. The number of nitrogens with zero attached hydrogens (tertiary/aromatic N) is 1. The Bertz CT molecular complexity index is 566. The van der Waals surface area contributed by atoms with E-state index in [1.165, 1.54) is 13.8 Å². The predicted molar refractivity (Wildman–Crippen MR) is 72.4 cm³/mol. The average Bonchev–Trinajstić information content (AvgIpc) is 2.35. The van der Waals surface area contributed by atoms with E-state index < -0.39 is 44.3 Å². The number of carbonyl (C=O) groups excluding carboxylic acids is 1. The zero-order chi connectivity index (χ0) is 16.6. The number of hydrogen-bond donors (Lipinski definition) is 2. The summed E-state index contributed by atoms with van der Waals surface area (Å²) in [5.41, 5.74) is 0. The van der Waals surface area contributed by atoms with Crippen LogP contribution < -0.4 is 0 Å². The quantitative estimate of drug-likeness (QED) is 0.710. The fourth-order valence-electron chi connectivity index (χ4n) is 2.22. The molecule has 0 spiro atoms. The molecule has 120 valence electrons. The second kappa shape index (κ2) is 5.63. The molecular formula is C12H19NO7S. The van der Waals surface area contributed by atoms with Crippen molar-refractivity contribution >= 4 is 27.7 Å². The molecule has 0 radical (unpaired) electrons. The lowest BCUT2D eigenvalue weighted by Gasteiger charge is -2.38. The lowest BCUT2D eigenvalue weighted by Crippen LogP contribution is -2.55. The first-order valence-corrected chi connectivity index (χ1v) is 8.23. The lowest BCUT2D eigenvalue weighted by molar-refractivity contribution is -0.159. The Morgan fingerprint density at radius 2 is 1.57 bits per heavy atom. The lowest BCUT2D eigenvalue weighted by atomic mass is 9.85. The molecule has 0 aliphatic carbocycles. The minimum absolute atomic E-state index is 0.0160. The van der Waals surface area contributed by atoms with Crippen LogP contribution in [0.25, 0.3) is 0 Å². The van der Waals surface area contributed by atoms with Crippen LogP contribution >= 0.6 is 0 Å². The number of hydrogen-bond acceptors (Lipinski definition) is 5. The fraction of sp³-hybridized carbons (Fsp3) is 0.750. The Labute approximate surface area is 122 Å². The van der Waals surface area contributed by atoms with E-state index in [-0.39, 0.29) is 19.5 Å². The Kier molecular flexibility index (Phi) is 4.66. The molecular weight excluding hydrogens is 302 g/mol. The molecule has 1 amide bonds. The van der Waals surface area contributed by atoms with Crippen molar-refractivity contribution in [2.75, 3.05) is 19.3 Å². The molecule has 1 saturated heterocycles. The molecule has 0 aromatic heterocycles. The second-order valence-corrected chi connectivity index (χ2v) is 8.28. The molecule has 1 rings (SSSR count). The van der Waals surface area contributed by atoms with Gasteiger partial charge in [-0.15, -0.1) is 0 Å². The molecule has 9 heteroatoms. The second-order valence-electron chi connectivity index (χ2n) is 5.71. The minimum atomic E-state index is -3.67. The van der Waals surface area contributed by atoms with Crippen LogP contribution in [-0.2, 0) is 24.2 Å². The minimum Gasteiger partial charge on any atom is -0.481 e. The third-order valence-electron chi connectivity index (χ3n) is 3.98. The molecule has 0 bridgehead atoms. The molecule has 1 heterocycles. The number of likely N-dealkylation sites (tertiary alicyclic amines) is 1. The van der Waals surface area contributed by atoms with Crippen molar-refractivity contribution in [3.63, 3.8) is 0 Å². The van der Waals surface area contributed by atoms with Gasteiger partial charge in [-0.05, 0) is 20.3 Å². The number of aliphatic carboxylic acids is 2. The van der Waals surface area contributed by atoms with Crippen LogP contribution in [0.1, 0.15) is 20.3 Å². The molecule has 0 saturated carbocycles. The number of piperidine rings is 1. The molecule has 0 aromatic carbocycles. The summed E-state index contributed by atoms with van der Waals surface area (Å²) in [6, 6.07) is 0. The molecule has 2 unspecified atom stereocenters. The Morgan fingerprint density at radius 1 is 1.10 bits per heavy atom. The number of carbonyl (C=O) groups is 3. The predicted octanol–water partition coefficient (Wildman–Crippen LogP) is -0.556. The first-order valence-electron chi connectivity index (χ1n) is 6.34. The van der Waals surface area contributed by atoms with Crippen molar-refractivity contribution in [3.8, 4) is 0 Å². The van der Waals surface area contributed by atoms with Crippen molar-refractivity contribution in [2.45, 2.75) is 25.0 Å². The molecule has 2 N–H and O–H groups in total. The van der Waals surface area contributed by atoms with Crippen LogP contribution in [0.15, 0.2) is 0 Å². The number of amides is 1. The third-order valence-corrected chi connectivity index (χ3v) is 6.01. The summed E-state index contributed by atoms with van der Waals surface area (Å²) in [7, 11) is -3.67. The molecule has 8 nitrogen and oxygen atoms in total. The van der Waals surface area contributed by atoms with Crippen molar-refractivity contribution < 1.29 is 33.0 Å². The maximum absolute atomic E-state index is 12.3. The largest absolute Gasteiger partial charge is 0.481 e. The van der Waals surface area contributed by atoms with E-state index in [1.54, 1.807) is 0 Å². The normalized spacial score (nSPS) is 23.7. The summed E-state index contributed by atoms with van der Waals surface area (Å²) >= 11 is 0. The highest BCUT2D eigenvalue weighted by Crippen LogP contribution is 2.28. The van der Waals surface area contributed by atoms with Gasteiger partial charge in [0.05, 0.1) is 11.8 Å². The molecule has 1 fully saturated rings. The number of sulfone groups is 1. The van der Waals surface area contributed by atoms with E-state index in [9.17, 15) is 22.8 Å². The molecule has 0 aromatic rings. The topological polar surface area (TPSA) is 129 Å². The smallest absolute Gasteiger partial charge is 0.309 e. The highest BCUT2D eigenvalue weighted by atomic mass is 32.2. The monoisotopic (exact) mass is 321 g/mol. The van der Waals surface area contributed by atoms with Crippen molar-refractivity contribution in [1.82, 2.24) is 4.90 Å². The van der Waals surface area contributed by atoms with Crippen LogP contribution in [0, 0.1) is 11.8 Å². The SMILES string of the molecule is CC(C)(C(=O)N1CCC(C(=O)O)C(C(=O)O)C1)S(C)(=O)=O. The van der Waals surface area contributed by atoms with Gasteiger partial charge in [0.25, 0.3) is 0 Å². The van der Waals surface area contributed by atoms with E-state index in [2.05, 4.69) is 0 Å². The van der Waals surface area contributed by atoms with Gasteiger partial charge in [-0.1, -0.05) is 0 Å². The molecule has 1 aliphatic heterocycles. The zero-order valence-electron chi connectivity index (χ0n) is 12.1. The van der Waals surface area contributed by atoms with Crippen LogP contribution in [0.4, 0.5) is 0 Å². The average molecular weight is 321 g/mol. The van der Waals surface area contributed by atoms with Crippen molar-refractivity contribution in [2.24, 2.45) is 11.8 Å². The van der Waals surface area contributed by atoms with Gasteiger partial charge >= 0.3 is 11.9 Å². The third kappa shape index (κ3) is 3.34. The van der Waals surface area contributed by atoms with E-state index in [0.29, 0.717) is 0 Å². The van der Waals surface area contributed by atoms with Gasteiger partial charge in [0, 0.05) is 19.3 Å². The maximum atomic E-state index is 12.3. The van der Waals surface area contributed by atoms with Gasteiger partial charge in [0.2, 0.25) is 5.91 Å². The van der Waals surface area contributed by atoms with Crippen LogP contribution in [0.2, 0.25) is 0 Å². The number of carboxylic acids is 2. The van der Waals surface area contributed by atoms with Gasteiger partial charge in [-0.3, -0.25) is 14.4 Å². The molecule has 1 aliphatic rings. The summed E-state index contributed by atoms with van der Waals surface area (Å²) in [5.74, 6) is -5.56. The number of rotatable bonds is 4. The van der Waals surface area contributed by atoms with E-state index in [1.807, 2.05) is 0 Å². The van der Waals surface area contributed by atoms with Crippen LogP contribution in [-0.4, -0.2) is 65.5 Å². The molecule has 2 atom stereocenters. The summed E-state index contributed by atoms with van der Waals surface area (Å²) in [4.78, 5) is 35.6. The van der Waals surface area contributed by atoms with Gasteiger partial charge in [0.15, 0.2) is 9.84 Å². The summed E-state index contributed by atoms with van der Waals surface area (Å²) in [6.07, 6.45) is 0.918. The van der Waals surface area contributed by atoms with E-state index >= 15 is 0 Å². The first-order chi connectivity index (χ1) is 9.39. The first kappa shape index (κ1) is 17.4. The highest BCUT2D eigenvalue weighted by Gasteiger charge is 2.46. The van der Waals surface area contributed by atoms with E-state index in [4.69, 9.17) is 10.2 Å². The highest BCUT2D eigenvalue weighted by molar-refractivity contribution is 7.92. The summed E-state index contributed by atoms with van der Waals surface area (Å²) < 4.78 is 21.7. The molecule has 21 heavy (non-hydrogen) atoms. The van der Waals surface area contributed by atoms with Gasteiger partial charge in [-0.2, -0.15) is 0 Å². The van der Waals surface area contributed by atoms with Gasteiger partial charge in [0.1, 0.15) is 4.75 Å². The van der Waals surface area contributed by atoms with Crippen LogP contribution in [0.5, 0.6) is 0 Å². The van der Waals surface area contributed by atoms with Crippen molar-refractivity contribution in [1.29, 1.82) is 0 Å². The Balaban J connectivity index is 3.01. The van der Waals surface area contributed by atoms with Gasteiger partial charge in [-0.25, -0.2) is 8.42 Å². The van der Waals surface area contributed by atoms with E-state index in [0.717, 1.165) is 11.2 Å². The Morgan fingerprint density at radius 3 is 1.95 bits per heavy atom. The summed E-state index contributed by atoms with van der Waals surface area (Å²) in [5, 5.41) is 18.1.